The molecule has 3 rings (SSSR count). The Kier molecular flexibility index (Phi) is 3.48. The zero-order valence-corrected chi connectivity index (χ0v) is 12.4. The third-order valence-corrected chi connectivity index (χ3v) is 3.64. The topological polar surface area (TPSA) is 50.9 Å². The predicted octanol–water partition coefficient (Wildman–Crippen LogP) is 4.05. The van der Waals surface area contributed by atoms with Crippen LogP contribution in [0.3, 0.4) is 0 Å². The van der Waals surface area contributed by atoms with E-state index in [0.717, 1.165) is 34.4 Å². The number of fused-ring (bicyclic) bond motifs is 1. The minimum Gasteiger partial charge on any atom is -0.398 e. The smallest absolute Gasteiger partial charge is 0.0425 e. The van der Waals surface area contributed by atoms with Crippen LogP contribution < -0.4 is 11.1 Å². The molecule has 0 saturated heterocycles. The molecule has 3 heteroatoms. The number of anilines is 2. The van der Waals surface area contributed by atoms with E-state index in [1.807, 2.05) is 25.3 Å². The summed E-state index contributed by atoms with van der Waals surface area (Å²) < 4.78 is 0. The Morgan fingerprint density at radius 2 is 1.90 bits per heavy atom. The third-order valence-electron chi connectivity index (χ3n) is 3.64. The lowest BCUT2D eigenvalue weighted by atomic mass is 10.1. The van der Waals surface area contributed by atoms with E-state index in [4.69, 9.17) is 5.73 Å². The van der Waals surface area contributed by atoms with E-state index in [9.17, 15) is 0 Å². The fourth-order valence-electron chi connectivity index (χ4n) is 2.54. The zero-order valence-electron chi connectivity index (χ0n) is 12.4. The second-order valence-electron chi connectivity index (χ2n) is 5.42. The van der Waals surface area contributed by atoms with Gasteiger partial charge in [0.15, 0.2) is 0 Å². The number of nitrogens with one attached hydrogen (secondary N) is 1. The number of aryl methyl sites for hydroxylation is 2. The van der Waals surface area contributed by atoms with Crippen LogP contribution in [0, 0.1) is 13.8 Å². The van der Waals surface area contributed by atoms with Gasteiger partial charge in [-0.15, -0.1) is 0 Å². The van der Waals surface area contributed by atoms with Crippen molar-refractivity contribution in [1.29, 1.82) is 0 Å². The molecule has 2 aromatic carbocycles. The minimum atomic E-state index is 0.763. The summed E-state index contributed by atoms with van der Waals surface area (Å²) in [6.07, 6.45) is 1.85. The second-order valence-corrected chi connectivity index (χ2v) is 5.42. The molecule has 3 nitrogen and oxygen atoms in total. The van der Waals surface area contributed by atoms with E-state index in [0.29, 0.717) is 0 Å². The van der Waals surface area contributed by atoms with Gasteiger partial charge in [0.1, 0.15) is 0 Å². The lowest BCUT2D eigenvalue weighted by molar-refractivity contribution is 1.14. The Hall–Kier alpha value is -2.55. The number of pyridine rings is 1. The van der Waals surface area contributed by atoms with E-state index in [1.165, 1.54) is 11.1 Å². The summed E-state index contributed by atoms with van der Waals surface area (Å²) in [6.45, 7) is 4.90. The van der Waals surface area contributed by atoms with Crippen molar-refractivity contribution in [3.8, 4) is 0 Å². The maximum atomic E-state index is 6.03. The average Bonchev–Trinajstić information content (AvgIpc) is 2.46. The first-order valence-corrected chi connectivity index (χ1v) is 7.08. The van der Waals surface area contributed by atoms with Gasteiger partial charge in [0.2, 0.25) is 0 Å². The molecule has 21 heavy (non-hydrogen) atoms. The van der Waals surface area contributed by atoms with Crippen LogP contribution in [0.25, 0.3) is 10.8 Å². The summed E-state index contributed by atoms with van der Waals surface area (Å²) in [5.41, 5.74) is 11.4. The van der Waals surface area contributed by atoms with Gasteiger partial charge in [-0.25, -0.2) is 0 Å². The Morgan fingerprint density at radius 3 is 2.71 bits per heavy atom. The summed E-state index contributed by atoms with van der Waals surface area (Å²) in [5.74, 6) is 0. The summed E-state index contributed by atoms with van der Waals surface area (Å²) >= 11 is 0. The van der Waals surface area contributed by atoms with Crippen molar-refractivity contribution in [2.75, 3.05) is 11.1 Å². The SMILES string of the molecule is Cc1cccc(CNc2ccc(N)c3cnc(C)cc23)c1. The molecule has 0 saturated carbocycles. The van der Waals surface area contributed by atoms with E-state index in [2.05, 4.69) is 47.6 Å². The monoisotopic (exact) mass is 277 g/mol. The van der Waals surface area contributed by atoms with Gasteiger partial charge in [-0.2, -0.15) is 0 Å². The molecule has 3 aromatic rings. The number of nitrogens with zero attached hydrogens (tertiary/aromatic N) is 1. The van der Waals surface area contributed by atoms with Gasteiger partial charge in [0, 0.05) is 40.6 Å². The molecule has 0 aliphatic carbocycles. The summed E-state index contributed by atoms with van der Waals surface area (Å²) in [4.78, 5) is 4.33. The molecule has 0 atom stereocenters. The first kappa shape index (κ1) is 13.4. The first-order chi connectivity index (χ1) is 10.1. The van der Waals surface area contributed by atoms with E-state index >= 15 is 0 Å². The summed E-state index contributed by atoms with van der Waals surface area (Å²) in [5, 5.41) is 5.62. The Bertz CT molecular complexity index is 794. The molecule has 0 spiro atoms. The fraction of sp³-hybridized carbons (Fsp3) is 0.167. The van der Waals surface area contributed by atoms with Crippen molar-refractivity contribution in [3.63, 3.8) is 0 Å². The molecule has 1 aromatic heterocycles. The fourth-order valence-corrected chi connectivity index (χ4v) is 2.54. The molecule has 0 aliphatic rings. The van der Waals surface area contributed by atoms with Crippen molar-refractivity contribution >= 4 is 22.1 Å². The van der Waals surface area contributed by atoms with Gasteiger partial charge in [0.25, 0.3) is 0 Å². The Balaban J connectivity index is 1.94. The number of hydrogen-bond donors (Lipinski definition) is 2. The van der Waals surface area contributed by atoms with Gasteiger partial charge in [-0.1, -0.05) is 29.8 Å². The number of hydrogen-bond acceptors (Lipinski definition) is 3. The number of nitrogen functional groups attached to an aromatic ring is 1. The molecule has 0 fully saturated rings. The maximum Gasteiger partial charge on any atom is 0.0425 e. The van der Waals surface area contributed by atoms with Gasteiger partial charge in [-0.05, 0) is 37.6 Å². The van der Waals surface area contributed by atoms with Crippen LogP contribution in [0.2, 0.25) is 0 Å². The number of rotatable bonds is 3. The van der Waals surface area contributed by atoms with E-state index in [-0.39, 0.29) is 0 Å². The number of nitrogens with two attached hydrogens (primary N) is 1. The standard InChI is InChI=1S/C18H19N3/c1-12-4-3-5-14(8-12)10-21-18-7-6-17(19)16-11-20-13(2)9-15(16)18/h3-9,11,21H,10,19H2,1-2H3. The predicted molar refractivity (Wildman–Crippen MR) is 89.4 cm³/mol. The van der Waals surface area contributed by atoms with Crippen molar-refractivity contribution in [1.82, 2.24) is 4.98 Å². The highest BCUT2D eigenvalue weighted by Crippen LogP contribution is 2.28. The number of benzene rings is 2. The quantitative estimate of drug-likeness (QED) is 0.710. The first-order valence-electron chi connectivity index (χ1n) is 7.08. The van der Waals surface area contributed by atoms with Gasteiger partial charge in [-0.3, -0.25) is 4.98 Å². The number of aromatic nitrogens is 1. The van der Waals surface area contributed by atoms with Crippen LogP contribution >= 0.6 is 0 Å². The van der Waals surface area contributed by atoms with E-state index in [1.54, 1.807) is 0 Å². The van der Waals surface area contributed by atoms with Crippen LogP contribution in [0.1, 0.15) is 16.8 Å². The molecule has 1 heterocycles. The minimum absolute atomic E-state index is 0.763. The van der Waals surface area contributed by atoms with Crippen molar-refractivity contribution in [2.45, 2.75) is 20.4 Å². The maximum absolute atomic E-state index is 6.03. The Labute approximate surface area is 124 Å². The van der Waals surface area contributed by atoms with Gasteiger partial charge >= 0.3 is 0 Å². The van der Waals surface area contributed by atoms with E-state index < -0.39 is 0 Å². The molecule has 0 aliphatic heterocycles. The lowest BCUT2D eigenvalue weighted by Crippen LogP contribution is -2.01. The highest BCUT2D eigenvalue weighted by molar-refractivity contribution is 6.00. The molecular formula is C18H19N3. The normalized spacial score (nSPS) is 10.8. The van der Waals surface area contributed by atoms with Crippen molar-refractivity contribution in [2.24, 2.45) is 0 Å². The highest BCUT2D eigenvalue weighted by atomic mass is 14.9. The van der Waals surface area contributed by atoms with Crippen LogP contribution in [0.15, 0.2) is 48.7 Å². The molecule has 3 N–H and O–H groups in total. The molecule has 0 bridgehead atoms. The third kappa shape index (κ3) is 2.82. The van der Waals surface area contributed by atoms with Gasteiger partial charge in [0.05, 0.1) is 0 Å². The van der Waals surface area contributed by atoms with Crippen molar-refractivity contribution in [3.05, 3.63) is 65.5 Å². The van der Waals surface area contributed by atoms with Crippen LogP contribution in [0.4, 0.5) is 11.4 Å². The molecule has 0 amide bonds. The summed E-state index contributed by atoms with van der Waals surface area (Å²) in [7, 11) is 0. The molecule has 106 valence electrons. The van der Waals surface area contributed by atoms with Gasteiger partial charge < -0.3 is 11.1 Å². The van der Waals surface area contributed by atoms with Crippen LogP contribution in [-0.2, 0) is 6.54 Å². The second kappa shape index (κ2) is 5.44. The lowest BCUT2D eigenvalue weighted by Gasteiger charge is -2.12. The van der Waals surface area contributed by atoms with Crippen LogP contribution in [0.5, 0.6) is 0 Å². The zero-order chi connectivity index (χ0) is 14.8. The molecule has 0 unspecified atom stereocenters. The molecule has 0 radical (unpaired) electrons. The van der Waals surface area contributed by atoms with Crippen molar-refractivity contribution < 1.29 is 0 Å². The average molecular weight is 277 g/mol. The summed E-state index contributed by atoms with van der Waals surface area (Å²) in [6, 6.07) is 14.6. The highest BCUT2D eigenvalue weighted by Gasteiger charge is 2.05. The largest absolute Gasteiger partial charge is 0.398 e. The molecular weight excluding hydrogens is 258 g/mol. The van der Waals surface area contributed by atoms with Crippen LogP contribution in [-0.4, -0.2) is 4.98 Å². The Morgan fingerprint density at radius 1 is 1.05 bits per heavy atom.